The molecular weight excluding hydrogens is 864 g/mol. The molecule has 0 radical (unpaired) electrons. The molecule has 3 unspecified atom stereocenters. The van der Waals surface area contributed by atoms with Crippen LogP contribution in [0.25, 0.3) is 0 Å². The van der Waals surface area contributed by atoms with Gasteiger partial charge in [-0.1, -0.05) is 41.4 Å². The standard InChI is InChI=1S/C17H17ClFN5O.C14H15ClFN5.C9H14BClN4O/c1-2-17(25)24-6-5-12(9-24)23-16-8-15(20-10-21-16)22-11-3-4-14(19)13(18)7-11;15-11-5-9(1-2-12(11)16)20-13-6-14(19-8-18-13)21-10-3-4-17-7-10;1-10(16)15-3-2-7(5-15)14-9-4-8(11)12-6-13-9/h2-4,7-8,10,12H,1,5-6,9H2,(H2,20,21,22,23);1-2,5-6,8,10,17H,3-4,7H2,(H2,18,19,20,21);4,6-7,16H,2-3,5H2,1H3,(H,12,13,14). The lowest BCUT2D eigenvalue weighted by molar-refractivity contribution is -0.125. The molecule has 6 heterocycles. The first-order valence-electron chi connectivity index (χ1n) is 19.8. The van der Waals surface area contributed by atoms with Gasteiger partial charge in [-0.15, -0.1) is 0 Å². The van der Waals surface area contributed by atoms with Gasteiger partial charge in [0.25, 0.3) is 0 Å². The monoisotopic (exact) mass is 908 g/mol. The molecule has 326 valence electrons. The maximum atomic E-state index is 13.2. The number of benzene rings is 2. The van der Waals surface area contributed by atoms with Crippen LogP contribution in [0.4, 0.5) is 49.2 Å². The van der Waals surface area contributed by atoms with E-state index in [1.54, 1.807) is 36.0 Å². The molecule has 8 rings (SSSR count). The summed E-state index contributed by atoms with van der Waals surface area (Å²) in [6, 6.07) is 14.9. The van der Waals surface area contributed by atoms with E-state index >= 15 is 0 Å². The Balaban J connectivity index is 0.000000159. The number of nitrogens with one attached hydrogen (secondary N) is 6. The first kappa shape index (κ1) is 46.1. The van der Waals surface area contributed by atoms with Gasteiger partial charge >= 0.3 is 7.05 Å². The number of nitrogens with zero attached hydrogens (tertiary/aromatic N) is 8. The summed E-state index contributed by atoms with van der Waals surface area (Å²) >= 11 is 17.3. The van der Waals surface area contributed by atoms with Crippen molar-refractivity contribution in [3.63, 3.8) is 0 Å². The maximum Gasteiger partial charge on any atom is 0.376 e. The molecule has 0 saturated carbocycles. The van der Waals surface area contributed by atoms with E-state index in [1.165, 1.54) is 49.3 Å². The molecule has 3 aromatic heterocycles. The van der Waals surface area contributed by atoms with Gasteiger partial charge < -0.3 is 46.6 Å². The second-order valence-electron chi connectivity index (χ2n) is 14.5. The van der Waals surface area contributed by atoms with Gasteiger partial charge in [-0.25, -0.2) is 38.7 Å². The number of hydrogen-bond donors (Lipinski definition) is 7. The maximum absolute atomic E-state index is 13.2. The van der Waals surface area contributed by atoms with Gasteiger partial charge in [0.1, 0.15) is 64.9 Å². The largest absolute Gasteiger partial charge is 0.437 e. The van der Waals surface area contributed by atoms with Crippen molar-refractivity contribution in [2.75, 3.05) is 65.9 Å². The van der Waals surface area contributed by atoms with E-state index < -0.39 is 11.6 Å². The molecule has 7 N–H and O–H groups in total. The second-order valence-corrected chi connectivity index (χ2v) is 15.7. The van der Waals surface area contributed by atoms with Crippen LogP contribution in [0.15, 0.2) is 86.2 Å². The first-order chi connectivity index (χ1) is 29.9. The van der Waals surface area contributed by atoms with E-state index in [0.29, 0.717) is 59.2 Å². The number of amides is 1. The van der Waals surface area contributed by atoms with E-state index in [4.69, 9.17) is 34.8 Å². The first-order valence-corrected chi connectivity index (χ1v) is 20.9. The molecule has 0 aliphatic carbocycles. The highest BCUT2D eigenvalue weighted by molar-refractivity contribution is 6.45. The highest BCUT2D eigenvalue weighted by Crippen LogP contribution is 2.25. The Hall–Kier alpha value is -5.44. The minimum Gasteiger partial charge on any atom is -0.437 e. The third kappa shape index (κ3) is 14.0. The minimum atomic E-state index is -0.475. The number of carbonyl (C=O) groups is 1. The molecule has 3 saturated heterocycles. The summed E-state index contributed by atoms with van der Waals surface area (Å²) in [7, 11) is -0.388. The number of carbonyl (C=O) groups excluding carboxylic acids is 1. The van der Waals surface area contributed by atoms with Gasteiger partial charge in [-0.3, -0.25) is 4.79 Å². The molecule has 3 fully saturated rings. The molecule has 62 heavy (non-hydrogen) atoms. The number of anilines is 7. The number of rotatable bonds is 12. The lowest BCUT2D eigenvalue weighted by atomic mass is 9.86. The van der Waals surface area contributed by atoms with E-state index in [-0.39, 0.29) is 29.0 Å². The van der Waals surface area contributed by atoms with Gasteiger partial charge in [-0.05, 0) is 81.6 Å². The highest BCUT2D eigenvalue weighted by atomic mass is 35.5. The van der Waals surface area contributed by atoms with Crippen molar-refractivity contribution in [3.8, 4) is 0 Å². The Kier molecular flexibility index (Phi) is 16.8. The summed E-state index contributed by atoms with van der Waals surface area (Å²) in [6.07, 6.45) is 8.57. The smallest absolute Gasteiger partial charge is 0.376 e. The van der Waals surface area contributed by atoms with Crippen molar-refractivity contribution in [1.29, 1.82) is 0 Å². The predicted molar refractivity (Wildman–Crippen MR) is 242 cm³/mol. The molecule has 5 aromatic rings. The van der Waals surface area contributed by atoms with Crippen LogP contribution in [0.1, 0.15) is 19.3 Å². The van der Waals surface area contributed by atoms with Crippen molar-refractivity contribution in [2.24, 2.45) is 0 Å². The second kappa shape index (κ2) is 22.6. The SMILES string of the molecule is C=CC(=O)N1CCC(Nc2cc(Nc3ccc(F)c(Cl)c3)ncn2)C1.CB(O)N1CCC(Nc2cc(Cl)ncn2)C1.Fc1ccc(Nc2cc(NC3CCNC3)ncn2)cc1Cl. The third-order valence-electron chi connectivity index (χ3n) is 9.89. The zero-order chi connectivity index (χ0) is 44.0. The van der Waals surface area contributed by atoms with Crippen LogP contribution in [0.2, 0.25) is 22.0 Å². The molecule has 3 aliphatic rings. The van der Waals surface area contributed by atoms with Gasteiger partial charge in [0.15, 0.2) is 0 Å². The average molecular weight is 910 g/mol. The van der Waals surface area contributed by atoms with Gasteiger partial charge in [0, 0.05) is 73.9 Å². The quantitative estimate of drug-likeness (QED) is 0.0396. The Labute approximate surface area is 373 Å². The number of aromatic nitrogens is 6. The van der Waals surface area contributed by atoms with E-state index in [2.05, 4.69) is 68.4 Å². The van der Waals surface area contributed by atoms with Gasteiger partial charge in [-0.2, -0.15) is 0 Å². The summed E-state index contributed by atoms with van der Waals surface area (Å²) in [5, 5.41) is 29.3. The number of likely N-dealkylation sites (tertiary alicyclic amines) is 1. The summed E-state index contributed by atoms with van der Waals surface area (Å²) in [4.78, 5) is 40.0. The van der Waals surface area contributed by atoms with Crippen molar-refractivity contribution >= 4 is 88.2 Å². The summed E-state index contributed by atoms with van der Waals surface area (Å²) in [5.41, 5.74) is 1.30. The molecule has 3 aliphatic heterocycles. The zero-order valence-electron chi connectivity index (χ0n) is 33.7. The minimum absolute atomic E-state index is 0.0373. The molecule has 0 spiro atoms. The molecule has 1 amide bonds. The van der Waals surface area contributed by atoms with E-state index in [9.17, 15) is 18.6 Å². The lowest BCUT2D eigenvalue weighted by Crippen LogP contribution is -2.36. The fourth-order valence-corrected chi connectivity index (χ4v) is 7.23. The van der Waals surface area contributed by atoms with Crippen LogP contribution >= 0.6 is 34.8 Å². The molecule has 16 nitrogen and oxygen atoms in total. The van der Waals surface area contributed by atoms with Crippen LogP contribution in [0.5, 0.6) is 0 Å². The van der Waals surface area contributed by atoms with Crippen LogP contribution in [0.3, 0.4) is 0 Å². The summed E-state index contributed by atoms with van der Waals surface area (Å²) in [6.45, 7) is 10.2. The number of hydrogen-bond acceptors (Lipinski definition) is 15. The van der Waals surface area contributed by atoms with Crippen LogP contribution in [0, 0.1) is 11.6 Å². The molecule has 3 atom stereocenters. The lowest BCUT2D eigenvalue weighted by Gasteiger charge is -2.17. The normalized spacial score (nSPS) is 18.1. The topological polar surface area (TPSA) is 193 Å². The molecule has 22 heteroatoms. The average Bonchev–Trinajstić information content (AvgIpc) is 4.05. The van der Waals surface area contributed by atoms with Gasteiger partial charge in [0.2, 0.25) is 5.91 Å². The summed E-state index contributed by atoms with van der Waals surface area (Å²) in [5.74, 6) is 2.33. The predicted octanol–water partition coefficient (Wildman–Crippen LogP) is 6.72. The van der Waals surface area contributed by atoms with Crippen molar-refractivity contribution in [1.82, 2.24) is 44.9 Å². The van der Waals surface area contributed by atoms with E-state index in [0.717, 1.165) is 57.1 Å². The Morgan fingerprint density at radius 1 is 0.742 bits per heavy atom. The van der Waals surface area contributed by atoms with E-state index in [1.807, 2.05) is 10.9 Å². The number of halogens is 5. The van der Waals surface area contributed by atoms with Crippen molar-refractivity contribution in [2.45, 2.75) is 44.2 Å². The highest BCUT2D eigenvalue weighted by Gasteiger charge is 2.28. The molecule has 2 aromatic carbocycles. The fraction of sp³-hybridized carbons (Fsp3) is 0.325. The zero-order valence-corrected chi connectivity index (χ0v) is 36.0. The van der Waals surface area contributed by atoms with Gasteiger partial charge in [0.05, 0.1) is 10.0 Å². The fourth-order valence-electron chi connectivity index (χ4n) is 6.72. The van der Waals surface area contributed by atoms with Crippen molar-refractivity contribution < 1.29 is 18.6 Å². The Morgan fingerprint density at radius 2 is 1.26 bits per heavy atom. The molecule has 0 bridgehead atoms. The Morgan fingerprint density at radius 3 is 1.76 bits per heavy atom. The van der Waals surface area contributed by atoms with Crippen molar-refractivity contribution in [3.05, 3.63) is 113 Å². The summed E-state index contributed by atoms with van der Waals surface area (Å²) < 4.78 is 26.3. The van der Waals surface area contributed by atoms with Crippen LogP contribution in [-0.4, -0.2) is 115 Å². The van der Waals surface area contributed by atoms with Crippen LogP contribution < -0.4 is 31.9 Å². The third-order valence-corrected chi connectivity index (χ3v) is 10.7. The molecular formula is C40H46BCl3F2N14O2. The Bertz CT molecular complexity index is 2280. The van der Waals surface area contributed by atoms with Crippen LogP contribution in [-0.2, 0) is 4.79 Å².